The predicted octanol–water partition coefficient (Wildman–Crippen LogP) is 3.47. The minimum absolute atomic E-state index is 0.191. The second kappa shape index (κ2) is 6.49. The number of nitrogens with zero attached hydrogens (tertiary/aromatic N) is 1. The van der Waals surface area contributed by atoms with Gasteiger partial charge in [0.2, 0.25) is 0 Å². The third-order valence-electron chi connectivity index (χ3n) is 3.02. The zero-order valence-electron chi connectivity index (χ0n) is 11.8. The van der Waals surface area contributed by atoms with E-state index in [-0.39, 0.29) is 5.75 Å². The fourth-order valence-corrected chi connectivity index (χ4v) is 1.92. The largest absolute Gasteiger partial charge is 0.508 e. The van der Waals surface area contributed by atoms with Gasteiger partial charge in [-0.05, 0) is 47.5 Å². The van der Waals surface area contributed by atoms with Gasteiger partial charge in [-0.25, -0.2) is 0 Å². The quantitative estimate of drug-likeness (QED) is 0.688. The number of methoxy groups -OCH3 is 2. The molecule has 0 radical (unpaired) electrons. The van der Waals surface area contributed by atoms with Gasteiger partial charge in [-0.3, -0.25) is 0 Å². The Labute approximate surface area is 123 Å². The molecule has 0 fully saturated rings. The lowest BCUT2D eigenvalue weighted by atomic mass is 10.0. The number of phenolic OH excluding ortho intramolecular Hbond substituents is 1. The van der Waals surface area contributed by atoms with Gasteiger partial charge in [-0.2, -0.15) is 5.26 Å². The van der Waals surface area contributed by atoms with Crippen molar-refractivity contribution < 1.29 is 14.6 Å². The molecule has 2 aromatic rings. The summed E-state index contributed by atoms with van der Waals surface area (Å²) >= 11 is 0. The summed E-state index contributed by atoms with van der Waals surface area (Å²) in [5.41, 5.74) is 2.07. The third kappa shape index (κ3) is 3.34. The summed E-state index contributed by atoms with van der Waals surface area (Å²) < 4.78 is 10.4. The number of phenols is 1. The molecule has 1 N–H and O–H groups in total. The standard InChI is InChI=1S/C17H15NO3/c1-20-16-8-5-13(10-17(16)21-2)14(11-18)9-12-3-6-15(19)7-4-12/h3-10,19H,1-2H3/b14-9-. The maximum atomic E-state index is 9.35. The Morgan fingerprint density at radius 2 is 1.71 bits per heavy atom. The van der Waals surface area contributed by atoms with Gasteiger partial charge in [0.15, 0.2) is 11.5 Å². The van der Waals surface area contributed by atoms with Crippen molar-refractivity contribution in [3.05, 3.63) is 53.6 Å². The van der Waals surface area contributed by atoms with E-state index in [2.05, 4.69) is 6.07 Å². The van der Waals surface area contributed by atoms with Crippen molar-refractivity contribution in [3.8, 4) is 23.3 Å². The number of benzene rings is 2. The second-order valence-electron chi connectivity index (χ2n) is 4.33. The minimum atomic E-state index is 0.191. The van der Waals surface area contributed by atoms with Crippen LogP contribution in [-0.2, 0) is 0 Å². The summed E-state index contributed by atoms with van der Waals surface area (Å²) in [5, 5.41) is 18.6. The summed E-state index contributed by atoms with van der Waals surface area (Å²) in [4.78, 5) is 0. The van der Waals surface area contributed by atoms with Crippen molar-refractivity contribution >= 4 is 11.6 Å². The number of rotatable bonds is 4. The molecule has 0 spiro atoms. The van der Waals surface area contributed by atoms with Crippen molar-refractivity contribution in [2.45, 2.75) is 0 Å². The molecule has 2 aromatic carbocycles. The molecule has 4 heteroatoms. The zero-order chi connectivity index (χ0) is 15.2. The summed E-state index contributed by atoms with van der Waals surface area (Å²) in [6.07, 6.45) is 1.75. The Morgan fingerprint density at radius 3 is 2.29 bits per heavy atom. The predicted molar refractivity (Wildman–Crippen MR) is 81.1 cm³/mol. The van der Waals surface area contributed by atoms with Gasteiger partial charge in [0.1, 0.15) is 5.75 Å². The maximum Gasteiger partial charge on any atom is 0.161 e. The number of hydrogen-bond donors (Lipinski definition) is 1. The van der Waals surface area contributed by atoms with Crippen LogP contribution in [0.25, 0.3) is 11.6 Å². The molecule has 0 saturated carbocycles. The molecular weight excluding hydrogens is 266 g/mol. The van der Waals surface area contributed by atoms with Crippen LogP contribution in [-0.4, -0.2) is 19.3 Å². The Bertz CT molecular complexity index is 697. The van der Waals surface area contributed by atoms with E-state index in [1.807, 2.05) is 0 Å². The molecule has 106 valence electrons. The molecular formula is C17H15NO3. The number of allylic oxidation sites excluding steroid dienone is 1. The molecule has 0 amide bonds. The van der Waals surface area contributed by atoms with Crippen LogP contribution >= 0.6 is 0 Å². The fraction of sp³-hybridized carbons (Fsp3) is 0.118. The van der Waals surface area contributed by atoms with E-state index in [0.717, 1.165) is 11.1 Å². The first-order valence-corrected chi connectivity index (χ1v) is 6.31. The van der Waals surface area contributed by atoms with Crippen LogP contribution in [0.4, 0.5) is 0 Å². The molecule has 2 rings (SSSR count). The Morgan fingerprint density at radius 1 is 1.05 bits per heavy atom. The molecule has 0 atom stereocenters. The van der Waals surface area contributed by atoms with E-state index in [4.69, 9.17) is 9.47 Å². The number of ether oxygens (including phenoxy) is 2. The summed E-state index contributed by atoms with van der Waals surface area (Å²) in [7, 11) is 3.12. The van der Waals surface area contributed by atoms with Crippen LogP contribution < -0.4 is 9.47 Å². The van der Waals surface area contributed by atoms with Gasteiger partial charge in [0, 0.05) is 0 Å². The van der Waals surface area contributed by atoms with Crippen molar-refractivity contribution in [2.24, 2.45) is 0 Å². The van der Waals surface area contributed by atoms with Gasteiger partial charge in [0.25, 0.3) is 0 Å². The van der Waals surface area contributed by atoms with Crippen molar-refractivity contribution in [1.29, 1.82) is 5.26 Å². The lowest BCUT2D eigenvalue weighted by Gasteiger charge is -2.09. The van der Waals surface area contributed by atoms with E-state index >= 15 is 0 Å². The molecule has 21 heavy (non-hydrogen) atoms. The summed E-state index contributed by atoms with van der Waals surface area (Å²) in [6.45, 7) is 0. The van der Waals surface area contributed by atoms with E-state index in [1.165, 1.54) is 0 Å². The van der Waals surface area contributed by atoms with E-state index in [9.17, 15) is 10.4 Å². The first-order valence-electron chi connectivity index (χ1n) is 6.31. The average Bonchev–Trinajstić information content (AvgIpc) is 2.53. The molecule has 0 aliphatic heterocycles. The topological polar surface area (TPSA) is 62.5 Å². The summed E-state index contributed by atoms with van der Waals surface area (Å²) in [5.74, 6) is 1.38. The van der Waals surface area contributed by atoms with Crippen LogP contribution in [0.15, 0.2) is 42.5 Å². The SMILES string of the molecule is COc1ccc(/C(C#N)=C\c2ccc(O)cc2)cc1OC. The van der Waals surface area contributed by atoms with Crippen LogP contribution in [0.1, 0.15) is 11.1 Å². The molecule has 0 aliphatic rings. The highest BCUT2D eigenvalue weighted by atomic mass is 16.5. The van der Waals surface area contributed by atoms with Crippen molar-refractivity contribution in [2.75, 3.05) is 14.2 Å². The first-order chi connectivity index (χ1) is 10.2. The average molecular weight is 281 g/mol. The molecule has 0 unspecified atom stereocenters. The van der Waals surface area contributed by atoms with Gasteiger partial charge in [0.05, 0.1) is 25.9 Å². The Hall–Kier alpha value is -2.93. The highest BCUT2D eigenvalue weighted by molar-refractivity contribution is 5.90. The third-order valence-corrected chi connectivity index (χ3v) is 3.02. The zero-order valence-corrected chi connectivity index (χ0v) is 11.8. The van der Waals surface area contributed by atoms with Crippen LogP contribution in [0.3, 0.4) is 0 Å². The molecule has 0 bridgehead atoms. The molecule has 4 nitrogen and oxygen atoms in total. The van der Waals surface area contributed by atoms with Crippen LogP contribution in [0, 0.1) is 11.3 Å². The molecule has 0 heterocycles. The van der Waals surface area contributed by atoms with Crippen molar-refractivity contribution in [3.63, 3.8) is 0 Å². The van der Waals surface area contributed by atoms with Crippen LogP contribution in [0.2, 0.25) is 0 Å². The van der Waals surface area contributed by atoms with E-state index in [0.29, 0.717) is 17.1 Å². The normalized spacial score (nSPS) is 10.8. The van der Waals surface area contributed by atoms with Gasteiger partial charge in [-0.15, -0.1) is 0 Å². The molecule has 0 aliphatic carbocycles. The monoisotopic (exact) mass is 281 g/mol. The smallest absolute Gasteiger partial charge is 0.161 e. The van der Waals surface area contributed by atoms with E-state index in [1.54, 1.807) is 62.8 Å². The number of hydrogen-bond acceptors (Lipinski definition) is 4. The fourth-order valence-electron chi connectivity index (χ4n) is 1.92. The highest BCUT2D eigenvalue weighted by Gasteiger charge is 2.08. The van der Waals surface area contributed by atoms with E-state index < -0.39 is 0 Å². The Kier molecular flexibility index (Phi) is 4.47. The lowest BCUT2D eigenvalue weighted by molar-refractivity contribution is 0.355. The van der Waals surface area contributed by atoms with Gasteiger partial charge in [-0.1, -0.05) is 12.1 Å². The van der Waals surface area contributed by atoms with Gasteiger partial charge >= 0.3 is 0 Å². The van der Waals surface area contributed by atoms with Gasteiger partial charge < -0.3 is 14.6 Å². The first kappa shape index (κ1) is 14.5. The van der Waals surface area contributed by atoms with Crippen molar-refractivity contribution in [1.82, 2.24) is 0 Å². The maximum absolute atomic E-state index is 9.35. The highest BCUT2D eigenvalue weighted by Crippen LogP contribution is 2.30. The van der Waals surface area contributed by atoms with Crippen LogP contribution in [0.5, 0.6) is 17.2 Å². The molecule has 0 saturated heterocycles. The molecule has 0 aromatic heterocycles. The second-order valence-corrected chi connectivity index (χ2v) is 4.33. The Balaban J connectivity index is 2.42. The number of aromatic hydroxyl groups is 1. The minimum Gasteiger partial charge on any atom is -0.508 e. The lowest BCUT2D eigenvalue weighted by Crippen LogP contribution is -1.92. The summed E-state index contributed by atoms with van der Waals surface area (Å²) in [6, 6.07) is 14.1. The number of nitriles is 1.